The highest BCUT2D eigenvalue weighted by Crippen LogP contribution is 2.18. The zero-order valence-corrected chi connectivity index (χ0v) is 17.2. The maximum atomic E-state index is 12.6. The van der Waals surface area contributed by atoms with Crippen molar-refractivity contribution >= 4 is 12.0 Å². The summed E-state index contributed by atoms with van der Waals surface area (Å²) < 4.78 is 0. The third kappa shape index (κ3) is 6.96. The van der Waals surface area contributed by atoms with Gasteiger partial charge in [0.25, 0.3) is 0 Å². The standard InChI is InChI=1S/C20H38N4O3/c1-3-5-11-23-12-7-6-8-18(23)15-21-20(27)24-13-9-17(10-14-24)22(4-2)16-19(25)26/h17-18H,3-16H2,1-2H3,(H,21,27)(H,25,26). The first kappa shape index (κ1) is 22.0. The average Bonchev–Trinajstić information content (AvgIpc) is 2.69. The highest BCUT2D eigenvalue weighted by atomic mass is 16.4. The van der Waals surface area contributed by atoms with E-state index in [1.165, 1.54) is 32.1 Å². The minimum absolute atomic E-state index is 0.0377. The van der Waals surface area contributed by atoms with Crippen LogP contribution in [0.5, 0.6) is 0 Å². The molecular weight excluding hydrogens is 344 g/mol. The molecule has 2 fully saturated rings. The summed E-state index contributed by atoms with van der Waals surface area (Å²) in [6, 6.07) is 0.770. The minimum Gasteiger partial charge on any atom is -0.480 e. The van der Waals surface area contributed by atoms with E-state index in [9.17, 15) is 9.59 Å². The number of carbonyl (C=O) groups excluding carboxylic acids is 1. The molecule has 2 aliphatic heterocycles. The molecule has 0 aromatic heterocycles. The fourth-order valence-corrected chi connectivity index (χ4v) is 4.37. The molecule has 27 heavy (non-hydrogen) atoms. The number of aliphatic carboxylic acids is 1. The number of carboxylic acids is 1. The zero-order chi connectivity index (χ0) is 19.6. The van der Waals surface area contributed by atoms with E-state index in [2.05, 4.69) is 17.1 Å². The molecule has 2 aliphatic rings. The number of piperidine rings is 2. The third-order valence-electron chi connectivity index (χ3n) is 6.05. The summed E-state index contributed by atoms with van der Waals surface area (Å²) in [5, 5.41) is 12.2. The zero-order valence-electron chi connectivity index (χ0n) is 17.2. The van der Waals surface area contributed by atoms with Gasteiger partial charge in [0.15, 0.2) is 0 Å². The predicted octanol–water partition coefficient (Wildman–Crippen LogP) is 2.22. The fraction of sp³-hybridized carbons (Fsp3) is 0.900. The van der Waals surface area contributed by atoms with Crippen LogP contribution < -0.4 is 5.32 Å². The summed E-state index contributed by atoms with van der Waals surface area (Å²) in [4.78, 5) is 30.0. The Morgan fingerprint density at radius 2 is 1.85 bits per heavy atom. The lowest BCUT2D eigenvalue weighted by Gasteiger charge is -2.38. The van der Waals surface area contributed by atoms with Gasteiger partial charge in [0.2, 0.25) is 0 Å². The van der Waals surface area contributed by atoms with Crippen molar-refractivity contribution in [3.63, 3.8) is 0 Å². The van der Waals surface area contributed by atoms with Gasteiger partial charge >= 0.3 is 12.0 Å². The van der Waals surface area contributed by atoms with Crippen molar-refractivity contribution in [1.29, 1.82) is 0 Å². The van der Waals surface area contributed by atoms with Gasteiger partial charge in [-0.15, -0.1) is 0 Å². The molecule has 0 spiro atoms. The molecule has 2 saturated heterocycles. The summed E-state index contributed by atoms with van der Waals surface area (Å²) in [5.41, 5.74) is 0. The van der Waals surface area contributed by atoms with Gasteiger partial charge in [-0.2, -0.15) is 0 Å². The summed E-state index contributed by atoms with van der Waals surface area (Å²) in [7, 11) is 0. The van der Waals surface area contributed by atoms with E-state index >= 15 is 0 Å². The van der Waals surface area contributed by atoms with Gasteiger partial charge in [0, 0.05) is 31.7 Å². The van der Waals surface area contributed by atoms with Crippen LogP contribution in [-0.4, -0.2) is 89.7 Å². The molecule has 0 saturated carbocycles. The maximum absolute atomic E-state index is 12.6. The van der Waals surface area contributed by atoms with E-state index in [0.717, 1.165) is 39.0 Å². The fourth-order valence-electron chi connectivity index (χ4n) is 4.37. The van der Waals surface area contributed by atoms with Crippen molar-refractivity contribution in [2.45, 2.75) is 70.9 Å². The molecular formula is C20H38N4O3. The van der Waals surface area contributed by atoms with Crippen molar-refractivity contribution in [3.05, 3.63) is 0 Å². The summed E-state index contributed by atoms with van der Waals surface area (Å²) >= 11 is 0. The molecule has 7 nitrogen and oxygen atoms in total. The number of hydrogen-bond acceptors (Lipinski definition) is 4. The van der Waals surface area contributed by atoms with Crippen molar-refractivity contribution in [3.8, 4) is 0 Å². The second-order valence-corrected chi connectivity index (χ2v) is 7.90. The largest absolute Gasteiger partial charge is 0.480 e. The van der Waals surface area contributed by atoms with Crippen LogP contribution in [0, 0.1) is 0 Å². The Morgan fingerprint density at radius 3 is 2.48 bits per heavy atom. The van der Waals surface area contributed by atoms with E-state index < -0.39 is 5.97 Å². The Kier molecular flexibility index (Phi) is 9.34. The molecule has 0 aromatic carbocycles. The van der Waals surface area contributed by atoms with Gasteiger partial charge in [-0.05, 0) is 51.7 Å². The Hall–Kier alpha value is -1.34. The van der Waals surface area contributed by atoms with Crippen molar-refractivity contribution in [2.75, 3.05) is 45.8 Å². The Balaban J connectivity index is 1.74. The molecule has 1 unspecified atom stereocenters. The van der Waals surface area contributed by atoms with Gasteiger partial charge < -0.3 is 15.3 Å². The number of carboxylic acid groups (broad SMARTS) is 1. The van der Waals surface area contributed by atoms with E-state index in [-0.39, 0.29) is 18.6 Å². The summed E-state index contributed by atoms with van der Waals surface area (Å²) in [6.07, 6.45) is 7.83. The molecule has 0 bridgehead atoms. The molecule has 0 aliphatic carbocycles. The Labute approximate surface area is 164 Å². The van der Waals surface area contributed by atoms with Crippen LogP contribution in [0.3, 0.4) is 0 Å². The van der Waals surface area contributed by atoms with Crippen LogP contribution in [0.4, 0.5) is 4.79 Å². The molecule has 2 N–H and O–H groups in total. The number of nitrogens with one attached hydrogen (secondary N) is 1. The normalized spacial score (nSPS) is 22.2. The lowest BCUT2D eigenvalue weighted by atomic mass is 10.0. The number of nitrogens with zero attached hydrogens (tertiary/aromatic N) is 3. The molecule has 0 radical (unpaired) electrons. The quantitative estimate of drug-likeness (QED) is 0.639. The van der Waals surface area contributed by atoms with Gasteiger partial charge in [-0.3, -0.25) is 14.6 Å². The van der Waals surface area contributed by atoms with Crippen LogP contribution >= 0.6 is 0 Å². The monoisotopic (exact) mass is 382 g/mol. The number of likely N-dealkylation sites (tertiary alicyclic amines) is 2. The molecule has 1 atom stereocenters. The van der Waals surface area contributed by atoms with Gasteiger partial charge in [0.05, 0.1) is 6.54 Å². The highest BCUT2D eigenvalue weighted by molar-refractivity contribution is 5.74. The summed E-state index contributed by atoms with van der Waals surface area (Å²) in [6.45, 7) is 9.48. The predicted molar refractivity (Wildman–Crippen MR) is 107 cm³/mol. The molecule has 156 valence electrons. The number of likely N-dealkylation sites (N-methyl/N-ethyl adjacent to an activating group) is 1. The smallest absolute Gasteiger partial charge is 0.317 e. The number of carbonyl (C=O) groups is 2. The number of hydrogen-bond donors (Lipinski definition) is 2. The SMILES string of the molecule is CCCCN1CCCCC1CNC(=O)N1CCC(N(CC)CC(=O)O)CC1. The lowest BCUT2D eigenvalue weighted by Crippen LogP contribution is -2.53. The van der Waals surface area contributed by atoms with Gasteiger partial charge in [0.1, 0.15) is 0 Å². The highest BCUT2D eigenvalue weighted by Gasteiger charge is 2.28. The second-order valence-electron chi connectivity index (χ2n) is 7.90. The summed E-state index contributed by atoms with van der Waals surface area (Å²) in [5.74, 6) is -0.780. The third-order valence-corrected chi connectivity index (χ3v) is 6.05. The first-order chi connectivity index (χ1) is 13.0. The lowest BCUT2D eigenvalue weighted by molar-refractivity contribution is -0.139. The van der Waals surface area contributed by atoms with Crippen LogP contribution in [-0.2, 0) is 4.79 Å². The molecule has 2 rings (SSSR count). The molecule has 7 heteroatoms. The van der Waals surface area contributed by atoms with Crippen LogP contribution in [0.2, 0.25) is 0 Å². The average molecular weight is 383 g/mol. The van der Waals surface area contributed by atoms with E-state index in [1.807, 2.05) is 16.7 Å². The van der Waals surface area contributed by atoms with E-state index in [0.29, 0.717) is 19.1 Å². The number of amides is 2. The second kappa shape index (κ2) is 11.5. The number of unbranched alkanes of at least 4 members (excludes halogenated alkanes) is 1. The van der Waals surface area contributed by atoms with Crippen molar-refractivity contribution < 1.29 is 14.7 Å². The van der Waals surface area contributed by atoms with Gasteiger partial charge in [-0.25, -0.2) is 4.79 Å². The van der Waals surface area contributed by atoms with Crippen LogP contribution in [0.15, 0.2) is 0 Å². The maximum Gasteiger partial charge on any atom is 0.317 e. The topological polar surface area (TPSA) is 76.1 Å². The minimum atomic E-state index is -0.780. The van der Waals surface area contributed by atoms with Crippen molar-refractivity contribution in [1.82, 2.24) is 20.0 Å². The first-order valence-electron chi connectivity index (χ1n) is 10.8. The molecule has 2 heterocycles. The van der Waals surface area contributed by atoms with E-state index in [1.54, 1.807) is 0 Å². The van der Waals surface area contributed by atoms with Gasteiger partial charge in [-0.1, -0.05) is 26.7 Å². The Morgan fingerprint density at radius 1 is 1.11 bits per heavy atom. The van der Waals surface area contributed by atoms with Crippen LogP contribution in [0.25, 0.3) is 0 Å². The van der Waals surface area contributed by atoms with Crippen molar-refractivity contribution in [2.24, 2.45) is 0 Å². The molecule has 0 aromatic rings. The number of urea groups is 1. The van der Waals surface area contributed by atoms with E-state index in [4.69, 9.17) is 5.11 Å². The Bertz CT molecular complexity index is 466. The molecule has 2 amide bonds. The number of rotatable bonds is 9. The van der Waals surface area contributed by atoms with Crippen LogP contribution in [0.1, 0.15) is 58.8 Å². The first-order valence-corrected chi connectivity index (χ1v) is 10.8.